The molecule has 0 aromatic rings. The Morgan fingerprint density at radius 2 is 2.07 bits per heavy atom. The van der Waals surface area contributed by atoms with Gasteiger partial charge in [-0.15, -0.1) is 0 Å². The normalized spacial score (nSPS) is 9.07. The second-order valence-corrected chi connectivity index (χ2v) is 2.19. The zero-order valence-corrected chi connectivity index (χ0v) is 7.94. The predicted octanol–water partition coefficient (Wildman–Crippen LogP) is -0.935. The molecular weight excluding hydrogens is 202 g/mol. The van der Waals surface area contributed by atoms with E-state index in [0.717, 1.165) is 19.3 Å². The Hall–Kier alpha value is -2.36. The number of methoxy groups -OCH3 is 1. The lowest BCUT2D eigenvalue weighted by atomic mass is 10.4. The number of imide groups is 1. The molecule has 2 N–H and O–H groups in total. The molecule has 0 saturated carbocycles. The fourth-order valence-corrected chi connectivity index (χ4v) is 0.529. The van der Waals surface area contributed by atoms with Gasteiger partial charge in [-0.25, -0.2) is 9.59 Å². The maximum absolute atomic E-state index is 10.9. The van der Waals surface area contributed by atoms with Crippen molar-refractivity contribution in [1.29, 1.82) is 5.26 Å². The highest BCUT2D eigenvalue weighted by Crippen LogP contribution is 1.78. The number of nitriles is 1. The molecule has 15 heavy (non-hydrogen) atoms. The van der Waals surface area contributed by atoms with Crippen molar-refractivity contribution in [3.63, 3.8) is 0 Å². The van der Waals surface area contributed by atoms with Gasteiger partial charge in [0.1, 0.15) is 6.54 Å². The number of hydrogen-bond donors (Lipinski definition) is 2. The number of urea groups is 1. The summed E-state index contributed by atoms with van der Waals surface area (Å²) in [5.41, 5.74) is 0. The minimum absolute atomic E-state index is 0.209. The molecule has 0 aliphatic rings. The number of carbonyl (C=O) groups excluding carboxylic acids is 3. The third kappa shape index (κ3) is 6.77. The van der Waals surface area contributed by atoms with Crippen LogP contribution in [0.15, 0.2) is 12.2 Å². The fourth-order valence-electron chi connectivity index (χ4n) is 0.529. The topological polar surface area (TPSA) is 108 Å². The molecule has 0 aromatic carbocycles. The van der Waals surface area contributed by atoms with Gasteiger partial charge >= 0.3 is 12.0 Å². The molecule has 0 radical (unpaired) electrons. The van der Waals surface area contributed by atoms with E-state index in [1.165, 1.54) is 0 Å². The van der Waals surface area contributed by atoms with Gasteiger partial charge in [-0.2, -0.15) is 5.26 Å². The third-order valence-electron chi connectivity index (χ3n) is 1.14. The van der Waals surface area contributed by atoms with Crippen molar-refractivity contribution in [3.8, 4) is 6.07 Å². The summed E-state index contributed by atoms with van der Waals surface area (Å²) < 4.78 is 4.22. The molecule has 0 saturated heterocycles. The van der Waals surface area contributed by atoms with Crippen molar-refractivity contribution in [3.05, 3.63) is 12.2 Å². The van der Waals surface area contributed by atoms with Crippen LogP contribution >= 0.6 is 0 Å². The number of hydrogen-bond acceptors (Lipinski definition) is 5. The van der Waals surface area contributed by atoms with E-state index in [1.807, 2.05) is 5.32 Å². The second kappa shape index (κ2) is 7.08. The zero-order chi connectivity index (χ0) is 11.7. The Kier molecular flexibility index (Phi) is 5.97. The van der Waals surface area contributed by atoms with Crippen molar-refractivity contribution in [2.24, 2.45) is 0 Å². The van der Waals surface area contributed by atoms with Gasteiger partial charge in [-0.05, 0) is 0 Å². The first-order chi connectivity index (χ1) is 7.10. The number of carbonyl (C=O) groups is 3. The number of amides is 3. The first-order valence-electron chi connectivity index (χ1n) is 3.82. The average molecular weight is 211 g/mol. The summed E-state index contributed by atoms with van der Waals surface area (Å²) >= 11 is 0. The SMILES string of the molecule is COC(=O)/C=C/C(=O)NC(=O)NCC#N. The maximum Gasteiger partial charge on any atom is 0.330 e. The molecule has 0 atom stereocenters. The molecular formula is C8H9N3O4. The number of rotatable bonds is 3. The Bertz CT molecular complexity index is 329. The molecule has 0 fully saturated rings. The summed E-state index contributed by atoms with van der Waals surface area (Å²) in [5, 5.41) is 12.0. The quantitative estimate of drug-likeness (QED) is 0.356. The van der Waals surface area contributed by atoms with Crippen LogP contribution in [0.1, 0.15) is 0 Å². The van der Waals surface area contributed by atoms with Crippen molar-refractivity contribution in [2.45, 2.75) is 0 Å². The van der Waals surface area contributed by atoms with Crippen molar-refractivity contribution in [2.75, 3.05) is 13.7 Å². The van der Waals surface area contributed by atoms with E-state index in [2.05, 4.69) is 10.1 Å². The number of nitrogens with one attached hydrogen (secondary N) is 2. The van der Waals surface area contributed by atoms with Gasteiger partial charge in [0.05, 0.1) is 13.2 Å². The Morgan fingerprint density at radius 3 is 2.60 bits per heavy atom. The molecule has 7 heteroatoms. The van der Waals surface area contributed by atoms with Crippen molar-refractivity contribution in [1.82, 2.24) is 10.6 Å². The molecule has 0 heterocycles. The lowest BCUT2D eigenvalue weighted by Crippen LogP contribution is -2.38. The van der Waals surface area contributed by atoms with Crippen molar-refractivity contribution < 1.29 is 19.1 Å². The fraction of sp³-hybridized carbons (Fsp3) is 0.250. The van der Waals surface area contributed by atoms with Crippen LogP contribution in [0, 0.1) is 11.3 Å². The van der Waals surface area contributed by atoms with Crippen molar-refractivity contribution >= 4 is 17.9 Å². The predicted molar refractivity (Wildman–Crippen MR) is 48.3 cm³/mol. The summed E-state index contributed by atoms with van der Waals surface area (Å²) in [6, 6.07) is 0.847. The first kappa shape index (κ1) is 12.6. The number of ether oxygens (including phenoxy) is 1. The van der Waals surface area contributed by atoms with Gasteiger partial charge in [-0.1, -0.05) is 0 Å². The molecule has 0 aromatic heterocycles. The van der Waals surface area contributed by atoms with Crippen LogP contribution in [0.25, 0.3) is 0 Å². The molecule has 0 aliphatic heterocycles. The third-order valence-corrected chi connectivity index (χ3v) is 1.14. The van der Waals surface area contributed by atoms with E-state index >= 15 is 0 Å². The average Bonchev–Trinajstić information content (AvgIpc) is 2.22. The lowest BCUT2D eigenvalue weighted by molar-refractivity contribution is -0.135. The van der Waals surface area contributed by atoms with Crippen LogP contribution < -0.4 is 10.6 Å². The standard InChI is InChI=1S/C8H9N3O4/c1-15-7(13)3-2-6(12)11-8(14)10-5-4-9/h2-3H,5H2,1H3,(H2,10,11,12,14)/b3-2+. The molecule has 0 spiro atoms. The first-order valence-corrected chi connectivity index (χ1v) is 3.82. The zero-order valence-electron chi connectivity index (χ0n) is 7.94. The summed E-state index contributed by atoms with van der Waals surface area (Å²) in [7, 11) is 1.16. The van der Waals surface area contributed by atoms with Gasteiger partial charge in [0, 0.05) is 12.2 Å². The largest absolute Gasteiger partial charge is 0.466 e. The summed E-state index contributed by atoms with van der Waals surface area (Å²) in [4.78, 5) is 32.2. The summed E-state index contributed by atoms with van der Waals surface area (Å²) in [6.07, 6.45) is 1.71. The highest BCUT2D eigenvalue weighted by atomic mass is 16.5. The van der Waals surface area contributed by atoms with E-state index in [9.17, 15) is 14.4 Å². The second-order valence-electron chi connectivity index (χ2n) is 2.19. The van der Waals surface area contributed by atoms with Crippen LogP contribution in [0.2, 0.25) is 0 Å². The van der Waals surface area contributed by atoms with E-state index in [4.69, 9.17) is 5.26 Å². The van der Waals surface area contributed by atoms with Crippen LogP contribution in [0.4, 0.5) is 4.79 Å². The van der Waals surface area contributed by atoms with Crippen LogP contribution in [0.3, 0.4) is 0 Å². The molecule has 3 amide bonds. The molecule has 0 unspecified atom stereocenters. The van der Waals surface area contributed by atoms with Gasteiger partial charge in [0.2, 0.25) is 0 Å². The summed E-state index contributed by atoms with van der Waals surface area (Å²) in [6.45, 7) is -0.209. The Labute approximate surface area is 85.7 Å². The van der Waals surface area contributed by atoms with E-state index < -0.39 is 17.9 Å². The molecule has 7 nitrogen and oxygen atoms in total. The van der Waals surface area contributed by atoms with E-state index in [0.29, 0.717) is 0 Å². The Morgan fingerprint density at radius 1 is 1.40 bits per heavy atom. The van der Waals surface area contributed by atoms with E-state index in [-0.39, 0.29) is 6.54 Å². The number of esters is 1. The van der Waals surface area contributed by atoms with E-state index in [1.54, 1.807) is 6.07 Å². The molecule has 0 bridgehead atoms. The van der Waals surface area contributed by atoms with Crippen LogP contribution in [0.5, 0.6) is 0 Å². The minimum Gasteiger partial charge on any atom is -0.466 e. The monoisotopic (exact) mass is 211 g/mol. The molecule has 80 valence electrons. The van der Waals surface area contributed by atoms with Crippen LogP contribution in [-0.2, 0) is 14.3 Å². The van der Waals surface area contributed by atoms with Gasteiger partial charge < -0.3 is 10.1 Å². The van der Waals surface area contributed by atoms with Gasteiger partial charge in [0.25, 0.3) is 5.91 Å². The number of nitrogens with zero attached hydrogens (tertiary/aromatic N) is 1. The van der Waals surface area contributed by atoms with Gasteiger partial charge in [-0.3, -0.25) is 10.1 Å². The smallest absolute Gasteiger partial charge is 0.330 e. The lowest BCUT2D eigenvalue weighted by Gasteiger charge is -1.99. The highest BCUT2D eigenvalue weighted by molar-refractivity contribution is 6.02. The highest BCUT2D eigenvalue weighted by Gasteiger charge is 2.03. The van der Waals surface area contributed by atoms with Gasteiger partial charge in [0.15, 0.2) is 0 Å². The molecule has 0 rings (SSSR count). The summed E-state index contributed by atoms with van der Waals surface area (Å²) in [5.74, 6) is -1.49. The van der Waals surface area contributed by atoms with Crippen LogP contribution in [-0.4, -0.2) is 31.6 Å². The Balaban J connectivity index is 3.94. The molecule has 0 aliphatic carbocycles. The maximum atomic E-state index is 10.9. The minimum atomic E-state index is -0.809.